The van der Waals surface area contributed by atoms with Gasteiger partial charge in [0, 0.05) is 17.5 Å². The Morgan fingerprint density at radius 1 is 0.355 bits per heavy atom. The normalized spacial score (nSPS) is 11.6. The molecule has 0 unspecified atom stereocenters. The second kappa shape index (κ2) is 31.1. The van der Waals surface area contributed by atoms with Gasteiger partial charge in [-0.05, 0) is 158 Å². The van der Waals surface area contributed by atoms with Gasteiger partial charge in [0.15, 0.2) is 6.10 Å². The second-order valence-electron chi connectivity index (χ2n) is 19.7. The molecule has 7 rings (SSSR count). The monoisotopic (exact) mass is 1030 g/mol. The number of rotatable bonds is 34. The Morgan fingerprint density at radius 2 is 0.671 bits per heavy atom. The minimum atomic E-state index is -0.839. The summed E-state index contributed by atoms with van der Waals surface area (Å²) in [5.74, 6) is 2.26. The molecule has 0 saturated heterocycles. The van der Waals surface area contributed by atoms with Crippen molar-refractivity contribution in [2.75, 3.05) is 26.4 Å². The van der Waals surface area contributed by atoms with E-state index in [0.29, 0.717) is 71.5 Å². The Labute approximate surface area is 451 Å². The van der Waals surface area contributed by atoms with Crippen LogP contribution in [-0.4, -0.2) is 44.3 Å². The molecule has 1 aliphatic rings. The summed E-state index contributed by atoms with van der Waals surface area (Å²) >= 11 is 0. The molecule has 0 aliphatic heterocycles. The lowest BCUT2D eigenvalue weighted by atomic mass is 10.1. The Morgan fingerprint density at radius 3 is 1.03 bits per heavy atom. The van der Waals surface area contributed by atoms with E-state index in [2.05, 4.69) is 45.0 Å². The summed E-state index contributed by atoms with van der Waals surface area (Å²) in [6.45, 7) is 9.13. The van der Waals surface area contributed by atoms with Crippen molar-refractivity contribution >= 4 is 17.9 Å². The molecule has 0 aromatic heterocycles. The van der Waals surface area contributed by atoms with E-state index in [1.807, 2.05) is 36.4 Å². The van der Waals surface area contributed by atoms with Gasteiger partial charge in [-0.3, -0.25) is 4.79 Å². The fraction of sp³-hybridized carbons (Fsp3) is 0.409. The van der Waals surface area contributed by atoms with E-state index >= 15 is 0 Å². The van der Waals surface area contributed by atoms with Gasteiger partial charge in [0.1, 0.15) is 34.5 Å². The lowest BCUT2D eigenvalue weighted by Crippen LogP contribution is -2.12. The van der Waals surface area contributed by atoms with Crippen LogP contribution in [0.2, 0.25) is 0 Å². The van der Waals surface area contributed by atoms with E-state index < -0.39 is 18.0 Å². The maximum absolute atomic E-state index is 13.7. The van der Waals surface area contributed by atoms with Crippen LogP contribution in [0.4, 0.5) is 0 Å². The van der Waals surface area contributed by atoms with Gasteiger partial charge in [0.2, 0.25) is 0 Å². The van der Waals surface area contributed by atoms with E-state index in [0.717, 1.165) is 85.3 Å². The molecule has 6 aromatic carbocycles. The van der Waals surface area contributed by atoms with Crippen molar-refractivity contribution in [3.05, 3.63) is 156 Å². The van der Waals surface area contributed by atoms with E-state index in [1.165, 1.54) is 64.2 Å². The maximum atomic E-state index is 13.7. The first kappa shape index (κ1) is 56.7. The number of esters is 3. The average Bonchev–Trinajstić information content (AvgIpc) is 3.75. The van der Waals surface area contributed by atoms with Crippen molar-refractivity contribution in [1.29, 1.82) is 0 Å². The molecule has 0 atom stereocenters. The van der Waals surface area contributed by atoms with Crippen molar-refractivity contribution in [2.24, 2.45) is 0 Å². The van der Waals surface area contributed by atoms with E-state index in [4.69, 9.17) is 33.2 Å². The molecule has 0 saturated carbocycles. The molecule has 6 aromatic rings. The molecular formula is C66H78O10. The third kappa shape index (κ3) is 17.8. The Kier molecular flexibility index (Phi) is 23.2. The van der Waals surface area contributed by atoms with Gasteiger partial charge in [0.25, 0.3) is 0 Å². The van der Waals surface area contributed by atoms with Crippen LogP contribution in [0, 0.1) is 0 Å². The van der Waals surface area contributed by atoms with Gasteiger partial charge in [-0.2, -0.15) is 0 Å². The van der Waals surface area contributed by atoms with Crippen LogP contribution in [0.15, 0.2) is 133 Å². The SMILES string of the molecule is CCCCCCCOc1ccc(C(=O)Oc2ccc3c(c2)C(OC(=O)CCCCCOc2ccc(-c4ccc(OCCCCCCC)cc4)cc2)c2cc(OC(=O)c4ccc(OCCCCCCC)cc4)ccc2-3)cc1. The molecule has 0 amide bonds. The smallest absolute Gasteiger partial charge is 0.343 e. The predicted molar refractivity (Wildman–Crippen MR) is 301 cm³/mol. The minimum absolute atomic E-state index is 0.194. The Balaban J connectivity index is 0.933. The Hall–Kier alpha value is -7.07. The van der Waals surface area contributed by atoms with Crippen molar-refractivity contribution in [3.8, 4) is 56.8 Å². The van der Waals surface area contributed by atoms with Crippen LogP contribution in [0.5, 0.6) is 34.5 Å². The summed E-state index contributed by atoms with van der Waals surface area (Å²) in [6.07, 6.45) is 19.0. The van der Waals surface area contributed by atoms with Crippen molar-refractivity contribution in [2.45, 2.75) is 149 Å². The van der Waals surface area contributed by atoms with E-state index in [-0.39, 0.29) is 12.4 Å². The third-order valence-electron chi connectivity index (χ3n) is 13.6. The van der Waals surface area contributed by atoms with Crippen molar-refractivity contribution in [3.63, 3.8) is 0 Å². The zero-order chi connectivity index (χ0) is 53.2. The van der Waals surface area contributed by atoms with Gasteiger partial charge >= 0.3 is 17.9 Å². The van der Waals surface area contributed by atoms with Gasteiger partial charge < -0.3 is 33.2 Å². The number of carbonyl (C=O) groups is 3. The largest absolute Gasteiger partial charge is 0.494 e. The summed E-state index contributed by atoms with van der Waals surface area (Å²) < 4.78 is 41.9. The summed E-state index contributed by atoms with van der Waals surface area (Å²) in [5, 5.41) is 0. The predicted octanol–water partition coefficient (Wildman–Crippen LogP) is 17.1. The highest BCUT2D eigenvalue weighted by Gasteiger charge is 2.33. The molecule has 402 valence electrons. The molecule has 76 heavy (non-hydrogen) atoms. The quantitative estimate of drug-likeness (QED) is 0.0220. The first-order valence-electron chi connectivity index (χ1n) is 28.2. The van der Waals surface area contributed by atoms with Crippen LogP contribution in [0.25, 0.3) is 22.3 Å². The van der Waals surface area contributed by atoms with Crippen LogP contribution < -0.4 is 28.4 Å². The number of fused-ring (bicyclic) bond motifs is 3. The van der Waals surface area contributed by atoms with Crippen LogP contribution >= 0.6 is 0 Å². The zero-order valence-corrected chi connectivity index (χ0v) is 45.1. The number of hydrogen-bond donors (Lipinski definition) is 0. The minimum Gasteiger partial charge on any atom is -0.494 e. The number of unbranched alkanes of at least 4 members (excludes halogenated alkanes) is 14. The summed E-state index contributed by atoms with van der Waals surface area (Å²) in [5.41, 5.74) is 5.93. The fourth-order valence-corrected chi connectivity index (χ4v) is 9.24. The van der Waals surface area contributed by atoms with Gasteiger partial charge in [-0.15, -0.1) is 0 Å². The Bertz CT molecular complexity index is 2570. The molecule has 0 bridgehead atoms. The fourth-order valence-electron chi connectivity index (χ4n) is 9.24. The average molecular weight is 1030 g/mol. The van der Waals surface area contributed by atoms with Crippen molar-refractivity contribution in [1.82, 2.24) is 0 Å². The molecule has 10 nitrogen and oxygen atoms in total. The topological polar surface area (TPSA) is 116 Å². The van der Waals surface area contributed by atoms with Crippen LogP contribution in [-0.2, 0) is 9.53 Å². The summed E-state index contributed by atoms with van der Waals surface area (Å²) in [7, 11) is 0. The molecule has 0 fully saturated rings. The highest BCUT2D eigenvalue weighted by molar-refractivity contribution is 5.92. The highest BCUT2D eigenvalue weighted by Crippen LogP contribution is 2.48. The van der Waals surface area contributed by atoms with E-state index in [9.17, 15) is 14.4 Å². The molecule has 0 spiro atoms. The standard InChI is InChI=1S/C66H78O10/c1-4-7-10-13-18-43-70-53-31-23-49(24-32-53)50-25-33-54(34-26-50)73-46-21-16-17-22-63(67)76-64-61-47-57(74-65(68)51-27-35-55(36-28-51)71-44-19-14-11-8-5-2)39-41-59(61)60-42-40-58(48-62(60)64)75-66(69)52-29-37-56(38-30-52)72-45-20-15-12-9-6-3/h23-42,47-48,64H,4-22,43-46H2,1-3H3. The number of carbonyl (C=O) groups excluding carboxylic acids is 3. The van der Waals surface area contributed by atoms with Crippen molar-refractivity contribution < 1.29 is 47.5 Å². The maximum Gasteiger partial charge on any atom is 0.343 e. The first-order valence-corrected chi connectivity index (χ1v) is 28.2. The van der Waals surface area contributed by atoms with Gasteiger partial charge in [0.05, 0.1) is 37.6 Å². The van der Waals surface area contributed by atoms with Gasteiger partial charge in [-0.25, -0.2) is 9.59 Å². The summed E-state index contributed by atoms with van der Waals surface area (Å²) in [4.78, 5) is 40.5. The van der Waals surface area contributed by atoms with Crippen LogP contribution in [0.1, 0.15) is 181 Å². The lowest BCUT2D eigenvalue weighted by Gasteiger charge is -2.16. The summed E-state index contributed by atoms with van der Waals surface area (Å²) in [6, 6.07) is 40.9. The number of hydrogen-bond acceptors (Lipinski definition) is 10. The highest BCUT2D eigenvalue weighted by atomic mass is 16.6. The zero-order valence-electron chi connectivity index (χ0n) is 45.1. The molecule has 10 heteroatoms. The second-order valence-corrected chi connectivity index (χ2v) is 19.7. The lowest BCUT2D eigenvalue weighted by molar-refractivity contribution is -0.147. The number of benzene rings is 6. The van der Waals surface area contributed by atoms with Gasteiger partial charge in [-0.1, -0.05) is 134 Å². The third-order valence-corrected chi connectivity index (χ3v) is 13.6. The molecule has 0 radical (unpaired) electrons. The molecule has 0 N–H and O–H groups in total. The first-order chi connectivity index (χ1) is 37.3. The molecule has 0 heterocycles. The molecule has 1 aliphatic carbocycles. The van der Waals surface area contributed by atoms with Crippen LogP contribution in [0.3, 0.4) is 0 Å². The number of ether oxygens (including phenoxy) is 7. The van der Waals surface area contributed by atoms with E-state index in [1.54, 1.807) is 72.8 Å². The molecular weight excluding hydrogens is 953 g/mol.